The summed E-state index contributed by atoms with van der Waals surface area (Å²) in [5, 5.41) is 0. The second-order valence-corrected chi connectivity index (χ2v) is 9.91. The molecule has 0 bridgehead atoms. The fourth-order valence-electron chi connectivity index (χ4n) is 3.78. The normalized spacial score (nSPS) is 17.5. The maximum atomic E-state index is 11.5. The highest BCUT2D eigenvalue weighted by Gasteiger charge is 2.21. The second kappa shape index (κ2) is 8.28. The molecular formula is C22H26N4O3S. The zero-order valence-corrected chi connectivity index (χ0v) is 18.3. The minimum atomic E-state index is -3.31. The van der Waals surface area contributed by atoms with Crippen LogP contribution in [-0.4, -0.2) is 53.7 Å². The molecule has 3 aromatic rings. The summed E-state index contributed by atoms with van der Waals surface area (Å²) >= 11 is 0. The summed E-state index contributed by atoms with van der Waals surface area (Å²) in [6.07, 6.45) is 7.23. The molecule has 0 saturated carbocycles. The Morgan fingerprint density at radius 1 is 1.13 bits per heavy atom. The second-order valence-electron chi connectivity index (χ2n) is 7.89. The first-order chi connectivity index (χ1) is 14.3. The molecular weight excluding hydrogens is 400 g/mol. The number of sulfone groups is 1. The largest absolute Gasteiger partial charge is 0.441 e. The number of rotatable bonds is 6. The number of nitrogens with zero attached hydrogens (tertiary/aromatic N) is 4. The summed E-state index contributed by atoms with van der Waals surface area (Å²) in [5.74, 6) is 1.94. The van der Waals surface area contributed by atoms with Crippen LogP contribution < -0.4 is 0 Å². The molecule has 1 atom stereocenters. The van der Waals surface area contributed by atoms with Crippen molar-refractivity contribution in [3.63, 3.8) is 0 Å². The standard InChI is InChI=1S/C22H26N4O3S/c1-15-5-4-11-26(15)12-10-20-16(2)29-22(25-20)18-8-6-17(7-9-18)21-23-13-19(14-24-21)30(3,27)28/h6-9,13-15H,4-5,10-12H2,1-3H3. The average molecular weight is 427 g/mol. The number of hydrogen-bond donors (Lipinski definition) is 0. The van der Waals surface area contributed by atoms with Crippen LogP contribution in [0.2, 0.25) is 0 Å². The Bertz CT molecular complexity index is 1120. The van der Waals surface area contributed by atoms with Crippen LogP contribution in [0.15, 0.2) is 46.0 Å². The zero-order valence-electron chi connectivity index (χ0n) is 17.5. The van der Waals surface area contributed by atoms with Crippen molar-refractivity contribution in [3.05, 3.63) is 48.1 Å². The molecule has 4 rings (SSSR count). The van der Waals surface area contributed by atoms with Gasteiger partial charge >= 0.3 is 0 Å². The Morgan fingerprint density at radius 3 is 2.40 bits per heavy atom. The molecule has 0 N–H and O–H groups in total. The molecule has 1 fully saturated rings. The van der Waals surface area contributed by atoms with Crippen molar-refractivity contribution in [2.75, 3.05) is 19.3 Å². The lowest BCUT2D eigenvalue weighted by molar-refractivity contribution is 0.271. The first-order valence-electron chi connectivity index (χ1n) is 10.1. The molecule has 7 nitrogen and oxygen atoms in total. The third kappa shape index (κ3) is 4.44. The maximum absolute atomic E-state index is 11.5. The maximum Gasteiger partial charge on any atom is 0.226 e. The molecule has 0 amide bonds. The predicted molar refractivity (Wildman–Crippen MR) is 115 cm³/mol. The number of likely N-dealkylation sites (tertiary alicyclic amines) is 1. The van der Waals surface area contributed by atoms with Crippen molar-refractivity contribution in [2.24, 2.45) is 0 Å². The van der Waals surface area contributed by atoms with E-state index in [4.69, 9.17) is 9.40 Å². The number of aryl methyl sites for hydroxylation is 1. The van der Waals surface area contributed by atoms with Crippen LogP contribution in [0.3, 0.4) is 0 Å². The van der Waals surface area contributed by atoms with Crippen LogP contribution in [0.25, 0.3) is 22.8 Å². The van der Waals surface area contributed by atoms with Gasteiger partial charge in [-0.15, -0.1) is 0 Å². The molecule has 1 aliphatic rings. The van der Waals surface area contributed by atoms with Crippen molar-refractivity contribution in [1.29, 1.82) is 0 Å². The van der Waals surface area contributed by atoms with Gasteiger partial charge in [0.2, 0.25) is 5.89 Å². The topological polar surface area (TPSA) is 89.2 Å². The van der Waals surface area contributed by atoms with E-state index >= 15 is 0 Å². The van der Waals surface area contributed by atoms with E-state index in [2.05, 4.69) is 21.8 Å². The van der Waals surface area contributed by atoms with Crippen molar-refractivity contribution in [1.82, 2.24) is 19.9 Å². The van der Waals surface area contributed by atoms with Crippen LogP contribution in [0.4, 0.5) is 0 Å². The molecule has 30 heavy (non-hydrogen) atoms. The predicted octanol–water partition coefficient (Wildman–Crippen LogP) is 3.54. The molecule has 8 heteroatoms. The van der Waals surface area contributed by atoms with Gasteiger partial charge in [-0.25, -0.2) is 23.4 Å². The fourth-order valence-corrected chi connectivity index (χ4v) is 4.26. The van der Waals surface area contributed by atoms with E-state index in [-0.39, 0.29) is 4.90 Å². The van der Waals surface area contributed by atoms with E-state index < -0.39 is 9.84 Å². The van der Waals surface area contributed by atoms with Gasteiger partial charge in [-0.3, -0.25) is 0 Å². The summed E-state index contributed by atoms with van der Waals surface area (Å²) in [5.41, 5.74) is 2.69. The average Bonchev–Trinajstić information content (AvgIpc) is 3.31. The van der Waals surface area contributed by atoms with Gasteiger partial charge in [0.15, 0.2) is 15.7 Å². The van der Waals surface area contributed by atoms with E-state index in [1.165, 1.54) is 31.8 Å². The number of oxazole rings is 1. The van der Waals surface area contributed by atoms with Crippen molar-refractivity contribution in [2.45, 2.75) is 44.0 Å². The molecule has 0 spiro atoms. The van der Waals surface area contributed by atoms with Gasteiger partial charge in [0, 0.05) is 48.8 Å². The lowest BCUT2D eigenvalue weighted by atomic mass is 10.1. The van der Waals surface area contributed by atoms with E-state index in [9.17, 15) is 8.42 Å². The lowest BCUT2D eigenvalue weighted by Crippen LogP contribution is -2.29. The van der Waals surface area contributed by atoms with Crippen LogP contribution in [0.1, 0.15) is 31.2 Å². The Hall–Kier alpha value is -2.58. The molecule has 158 valence electrons. The van der Waals surface area contributed by atoms with Gasteiger partial charge in [-0.2, -0.15) is 0 Å². The summed E-state index contributed by atoms with van der Waals surface area (Å²) in [6.45, 7) is 6.42. The Labute approximate surface area is 177 Å². The van der Waals surface area contributed by atoms with Crippen molar-refractivity contribution in [3.8, 4) is 22.8 Å². The number of benzene rings is 1. The summed E-state index contributed by atoms with van der Waals surface area (Å²) in [4.78, 5) is 15.7. The highest BCUT2D eigenvalue weighted by atomic mass is 32.2. The Kier molecular flexibility index (Phi) is 5.71. The summed E-state index contributed by atoms with van der Waals surface area (Å²) in [7, 11) is -3.31. The smallest absolute Gasteiger partial charge is 0.226 e. The molecule has 1 saturated heterocycles. The van der Waals surface area contributed by atoms with E-state index in [0.717, 1.165) is 41.8 Å². The highest BCUT2D eigenvalue weighted by molar-refractivity contribution is 7.90. The molecule has 1 aliphatic heterocycles. The Balaban J connectivity index is 1.47. The van der Waals surface area contributed by atoms with E-state index in [0.29, 0.717) is 17.8 Å². The first-order valence-corrected chi connectivity index (χ1v) is 12.0. The van der Waals surface area contributed by atoms with Crippen LogP contribution in [0.5, 0.6) is 0 Å². The third-order valence-corrected chi connectivity index (χ3v) is 6.73. The molecule has 1 aromatic carbocycles. The van der Waals surface area contributed by atoms with Gasteiger partial charge in [-0.05, 0) is 45.4 Å². The van der Waals surface area contributed by atoms with Crippen molar-refractivity contribution >= 4 is 9.84 Å². The minimum Gasteiger partial charge on any atom is -0.441 e. The highest BCUT2D eigenvalue weighted by Crippen LogP contribution is 2.25. The monoisotopic (exact) mass is 426 g/mol. The molecule has 0 aliphatic carbocycles. The van der Waals surface area contributed by atoms with Gasteiger partial charge < -0.3 is 9.32 Å². The SMILES string of the molecule is Cc1oc(-c2ccc(-c3ncc(S(C)(=O)=O)cn3)cc2)nc1CCN1CCCC1C. The molecule has 2 aromatic heterocycles. The van der Waals surface area contributed by atoms with Crippen LogP contribution in [-0.2, 0) is 16.3 Å². The van der Waals surface area contributed by atoms with Gasteiger partial charge in [0.05, 0.1) is 5.69 Å². The minimum absolute atomic E-state index is 0.106. The van der Waals surface area contributed by atoms with Gasteiger partial charge in [-0.1, -0.05) is 12.1 Å². The Morgan fingerprint density at radius 2 is 1.80 bits per heavy atom. The summed E-state index contributed by atoms with van der Waals surface area (Å²) in [6, 6.07) is 8.26. The number of hydrogen-bond acceptors (Lipinski definition) is 7. The number of aromatic nitrogens is 3. The van der Waals surface area contributed by atoms with Crippen molar-refractivity contribution < 1.29 is 12.8 Å². The van der Waals surface area contributed by atoms with Gasteiger partial charge in [0.25, 0.3) is 0 Å². The van der Waals surface area contributed by atoms with E-state index in [1.54, 1.807) is 0 Å². The lowest BCUT2D eigenvalue weighted by Gasteiger charge is -2.20. The zero-order chi connectivity index (χ0) is 21.3. The van der Waals surface area contributed by atoms with Crippen LogP contribution in [0, 0.1) is 6.92 Å². The van der Waals surface area contributed by atoms with E-state index in [1.807, 2.05) is 31.2 Å². The third-order valence-electron chi connectivity index (χ3n) is 5.67. The quantitative estimate of drug-likeness (QED) is 0.595. The van der Waals surface area contributed by atoms with Crippen LogP contribution >= 0.6 is 0 Å². The molecule has 3 heterocycles. The van der Waals surface area contributed by atoms with Gasteiger partial charge in [0.1, 0.15) is 10.7 Å². The molecule has 0 radical (unpaired) electrons. The molecule has 1 unspecified atom stereocenters. The first kappa shape index (κ1) is 20.7. The summed E-state index contributed by atoms with van der Waals surface area (Å²) < 4.78 is 29.0. The fraction of sp³-hybridized carbons (Fsp3) is 0.409.